The molecule has 6 aromatic rings. The SMILES string of the molecule is COc1cnc(-c2ccc3nc(-c4cccnc4N)n(-c4ccc5c(c4)CC[C@@H]5NC(=O)c4ccc(O)c(C=O)c4)c3n2)cn1. The Morgan fingerprint density at radius 1 is 1.04 bits per heavy atom. The summed E-state index contributed by atoms with van der Waals surface area (Å²) in [5, 5.41) is 12.9. The lowest BCUT2D eigenvalue weighted by atomic mass is 10.1. The molecule has 0 saturated heterocycles. The van der Waals surface area contributed by atoms with Gasteiger partial charge >= 0.3 is 0 Å². The van der Waals surface area contributed by atoms with Crippen molar-refractivity contribution in [3.63, 3.8) is 0 Å². The molecular formula is C33H26N8O4. The van der Waals surface area contributed by atoms with E-state index in [-0.39, 0.29) is 23.3 Å². The van der Waals surface area contributed by atoms with Crippen molar-refractivity contribution in [3.8, 4) is 40.1 Å². The first-order valence-corrected chi connectivity index (χ1v) is 14.1. The van der Waals surface area contributed by atoms with E-state index in [2.05, 4.69) is 26.3 Å². The Kier molecular flexibility index (Phi) is 6.85. The predicted molar refractivity (Wildman–Crippen MR) is 166 cm³/mol. The molecule has 0 saturated carbocycles. The maximum absolute atomic E-state index is 13.0. The fourth-order valence-electron chi connectivity index (χ4n) is 5.61. The molecule has 45 heavy (non-hydrogen) atoms. The molecule has 0 unspecified atom stereocenters. The minimum Gasteiger partial charge on any atom is -0.507 e. The first-order valence-electron chi connectivity index (χ1n) is 14.1. The number of aryl methyl sites for hydroxylation is 1. The number of rotatable bonds is 7. The highest BCUT2D eigenvalue weighted by atomic mass is 16.5. The van der Waals surface area contributed by atoms with Crippen LogP contribution in [-0.2, 0) is 6.42 Å². The summed E-state index contributed by atoms with van der Waals surface area (Å²) in [5.41, 5.74) is 12.7. The van der Waals surface area contributed by atoms with Crippen LogP contribution in [0.15, 0.2) is 79.3 Å². The Morgan fingerprint density at radius 3 is 2.71 bits per heavy atom. The molecule has 12 nitrogen and oxygen atoms in total. The van der Waals surface area contributed by atoms with E-state index in [4.69, 9.17) is 20.4 Å². The molecule has 0 radical (unpaired) electrons. The Hall–Kier alpha value is -6.17. The van der Waals surface area contributed by atoms with Crippen LogP contribution in [0.3, 0.4) is 0 Å². The van der Waals surface area contributed by atoms with Gasteiger partial charge in [0.2, 0.25) is 5.88 Å². The summed E-state index contributed by atoms with van der Waals surface area (Å²) in [6, 6.07) is 17.4. The van der Waals surface area contributed by atoms with Gasteiger partial charge in [0.25, 0.3) is 5.91 Å². The summed E-state index contributed by atoms with van der Waals surface area (Å²) in [7, 11) is 1.53. The van der Waals surface area contributed by atoms with E-state index in [1.54, 1.807) is 18.6 Å². The molecule has 1 atom stereocenters. The average molecular weight is 599 g/mol. The number of carbonyl (C=O) groups is 2. The third kappa shape index (κ3) is 4.97. The average Bonchev–Trinajstić information content (AvgIpc) is 3.65. The number of methoxy groups -OCH3 is 1. The second-order valence-electron chi connectivity index (χ2n) is 10.5. The number of nitrogens with one attached hydrogen (secondary N) is 1. The molecule has 1 aliphatic carbocycles. The van der Waals surface area contributed by atoms with Crippen LogP contribution >= 0.6 is 0 Å². The second-order valence-corrected chi connectivity index (χ2v) is 10.5. The van der Waals surface area contributed by atoms with Crippen molar-refractivity contribution in [2.24, 2.45) is 0 Å². The minimum absolute atomic E-state index is 0.0625. The number of ether oxygens (including phenoxy) is 1. The van der Waals surface area contributed by atoms with Crippen LogP contribution < -0.4 is 15.8 Å². The highest BCUT2D eigenvalue weighted by Crippen LogP contribution is 2.36. The number of imidazole rings is 1. The van der Waals surface area contributed by atoms with Crippen molar-refractivity contribution < 1.29 is 19.4 Å². The van der Waals surface area contributed by atoms with Crippen molar-refractivity contribution in [2.75, 3.05) is 12.8 Å². The maximum Gasteiger partial charge on any atom is 0.251 e. The number of aldehydes is 1. The molecule has 0 spiro atoms. The van der Waals surface area contributed by atoms with Crippen LogP contribution in [0.1, 0.15) is 44.3 Å². The van der Waals surface area contributed by atoms with E-state index in [9.17, 15) is 14.7 Å². The summed E-state index contributed by atoms with van der Waals surface area (Å²) in [5.74, 6) is 0.834. The minimum atomic E-state index is -0.326. The quantitative estimate of drug-likeness (QED) is 0.223. The number of pyridine rings is 2. The van der Waals surface area contributed by atoms with Gasteiger partial charge in [-0.15, -0.1) is 0 Å². The van der Waals surface area contributed by atoms with Gasteiger partial charge in [-0.2, -0.15) is 0 Å². The first-order chi connectivity index (χ1) is 21.9. The number of fused-ring (bicyclic) bond motifs is 2. The van der Waals surface area contributed by atoms with Gasteiger partial charge in [-0.25, -0.2) is 24.9 Å². The molecule has 4 N–H and O–H groups in total. The van der Waals surface area contributed by atoms with E-state index in [1.807, 2.05) is 41.0 Å². The molecule has 2 aromatic carbocycles. The second kappa shape index (κ2) is 11.2. The zero-order chi connectivity index (χ0) is 31.1. The largest absolute Gasteiger partial charge is 0.507 e. The van der Waals surface area contributed by atoms with Gasteiger partial charge in [0.1, 0.15) is 22.8 Å². The molecule has 1 aliphatic rings. The number of anilines is 1. The standard InChI is InChI=1S/C33H26N8O4/c1-45-29-16-36-27(15-37-29)25-9-10-26-32(38-25)41(31(39-26)23-3-2-12-35-30(23)34)21-6-7-22-18(14-21)4-8-24(22)40-33(44)19-5-11-28(43)20(13-19)17-42/h2-3,5-7,9-17,24,43H,4,8H2,1H3,(H2,34,35)(H,40,44)/t24-/m0/s1. The van der Waals surface area contributed by atoms with Crippen molar-refractivity contribution >= 4 is 29.2 Å². The van der Waals surface area contributed by atoms with E-state index in [1.165, 1.54) is 25.3 Å². The molecule has 4 heterocycles. The number of carbonyl (C=O) groups excluding carboxylic acids is 2. The van der Waals surface area contributed by atoms with Crippen LogP contribution in [0, 0.1) is 0 Å². The zero-order valence-electron chi connectivity index (χ0n) is 24.0. The van der Waals surface area contributed by atoms with Gasteiger partial charge in [-0.05, 0) is 78.6 Å². The van der Waals surface area contributed by atoms with Crippen molar-refractivity contribution in [1.29, 1.82) is 0 Å². The number of nitrogens with two attached hydrogens (primary N) is 1. The number of phenols is 1. The molecule has 0 fully saturated rings. The van der Waals surface area contributed by atoms with E-state index >= 15 is 0 Å². The lowest BCUT2D eigenvalue weighted by molar-refractivity contribution is 0.0936. The van der Waals surface area contributed by atoms with Crippen LogP contribution in [0.2, 0.25) is 0 Å². The number of aromatic nitrogens is 6. The molecule has 1 amide bonds. The number of amides is 1. The number of aromatic hydroxyl groups is 1. The normalized spacial score (nSPS) is 13.8. The van der Waals surface area contributed by atoms with Gasteiger partial charge < -0.3 is 20.9 Å². The predicted octanol–water partition coefficient (Wildman–Crippen LogP) is 4.47. The zero-order valence-corrected chi connectivity index (χ0v) is 24.0. The first kappa shape index (κ1) is 27.7. The van der Waals surface area contributed by atoms with Gasteiger partial charge in [0, 0.05) is 17.4 Å². The third-order valence-corrected chi connectivity index (χ3v) is 7.87. The van der Waals surface area contributed by atoms with Crippen LogP contribution in [0.4, 0.5) is 5.82 Å². The summed E-state index contributed by atoms with van der Waals surface area (Å²) in [6.07, 6.45) is 6.74. The Morgan fingerprint density at radius 2 is 1.93 bits per heavy atom. The molecule has 7 rings (SSSR count). The number of nitrogens with zero attached hydrogens (tertiary/aromatic N) is 6. The topological polar surface area (TPSA) is 171 Å². The summed E-state index contributed by atoms with van der Waals surface area (Å²) >= 11 is 0. The third-order valence-electron chi connectivity index (χ3n) is 7.87. The number of phenolic OH excluding ortho intramolecular Hbond substituents is 1. The Balaban J connectivity index is 1.29. The summed E-state index contributed by atoms with van der Waals surface area (Å²) < 4.78 is 7.10. The molecule has 0 bridgehead atoms. The Labute approximate surface area is 256 Å². The monoisotopic (exact) mass is 598 g/mol. The molecule has 222 valence electrons. The Bertz CT molecular complexity index is 2110. The van der Waals surface area contributed by atoms with Crippen LogP contribution in [-0.4, -0.2) is 53.9 Å². The smallest absolute Gasteiger partial charge is 0.251 e. The highest BCUT2D eigenvalue weighted by molar-refractivity contribution is 5.96. The lowest BCUT2D eigenvalue weighted by Gasteiger charge is -2.16. The lowest BCUT2D eigenvalue weighted by Crippen LogP contribution is -2.27. The van der Waals surface area contributed by atoms with Gasteiger partial charge in [0.15, 0.2) is 17.8 Å². The summed E-state index contributed by atoms with van der Waals surface area (Å²) in [6.45, 7) is 0. The van der Waals surface area contributed by atoms with E-state index in [0.29, 0.717) is 63.9 Å². The van der Waals surface area contributed by atoms with Gasteiger partial charge in [0.05, 0.1) is 42.4 Å². The summed E-state index contributed by atoms with van der Waals surface area (Å²) in [4.78, 5) is 47.1. The van der Waals surface area contributed by atoms with Crippen molar-refractivity contribution in [1.82, 2.24) is 34.8 Å². The fourth-order valence-corrected chi connectivity index (χ4v) is 5.61. The van der Waals surface area contributed by atoms with E-state index < -0.39 is 0 Å². The van der Waals surface area contributed by atoms with Crippen LogP contribution in [0.25, 0.3) is 39.6 Å². The molecule has 0 aliphatic heterocycles. The number of benzene rings is 2. The molecule has 4 aromatic heterocycles. The number of hydrogen-bond donors (Lipinski definition) is 3. The van der Waals surface area contributed by atoms with E-state index in [0.717, 1.165) is 23.2 Å². The highest BCUT2D eigenvalue weighted by Gasteiger charge is 2.26. The van der Waals surface area contributed by atoms with Crippen LogP contribution in [0.5, 0.6) is 11.6 Å². The molecule has 12 heteroatoms. The fraction of sp³-hybridized carbons (Fsp3) is 0.121. The number of hydrogen-bond acceptors (Lipinski definition) is 10. The van der Waals surface area contributed by atoms with Gasteiger partial charge in [-0.1, -0.05) is 6.07 Å². The van der Waals surface area contributed by atoms with Crippen molar-refractivity contribution in [2.45, 2.75) is 18.9 Å². The van der Waals surface area contributed by atoms with Gasteiger partial charge in [-0.3, -0.25) is 14.2 Å². The van der Waals surface area contributed by atoms with Crippen molar-refractivity contribution in [3.05, 3.63) is 102 Å². The number of nitrogen functional groups attached to an aromatic ring is 1. The molecular weight excluding hydrogens is 572 g/mol. The maximum atomic E-state index is 13.0.